The SMILES string of the molecule is COCC(=O)Nc1ccc2c(c1)N(Cc1ccccc1)C(=O)CO2. The van der Waals surface area contributed by atoms with E-state index in [0.29, 0.717) is 23.7 Å². The quantitative estimate of drug-likeness (QED) is 0.914. The van der Waals surface area contributed by atoms with Crippen LogP contribution in [0.2, 0.25) is 0 Å². The lowest BCUT2D eigenvalue weighted by Crippen LogP contribution is -2.38. The highest BCUT2D eigenvalue weighted by atomic mass is 16.5. The van der Waals surface area contributed by atoms with Crippen LogP contribution >= 0.6 is 0 Å². The summed E-state index contributed by atoms with van der Waals surface area (Å²) in [7, 11) is 1.46. The van der Waals surface area contributed by atoms with Gasteiger partial charge in [0.15, 0.2) is 6.61 Å². The monoisotopic (exact) mass is 326 g/mol. The molecule has 1 aliphatic heterocycles. The van der Waals surface area contributed by atoms with E-state index in [9.17, 15) is 9.59 Å². The number of nitrogens with zero attached hydrogens (tertiary/aromatic N) is 1. The highest BCUT2D eigenvalue weighted by Crippen LogP contribution is 2.35. The van der Waals surface area contributed by atoms with Crippen LogP contribution in [0.3, 0.4) is 0 Å². The molecule has 1 N–H and O–H groups in total. The summed E-state index contributed by atoms with van der Waals surface area (Å²) in [4.78, 5) is 25.6. The smallest absolute Gasteiger partial charge is 0.265 e. The molecule has 0 bridgehead atoms. The summed E-state index contributed by atoms with van der Waals surface area (Å²) in [6.45, 7) is 0.432. The maximum absolute atomic E-state index is 12.3. The van der Waals surface area contributed by atoms with Gasteiger partial charge in [-0.15, -0.1) is 0 Å². The van der Waals surface area contributed by atoms with E-state index in [1.807, 2.05) is 30.3 Å². The van der Waals surface area contributed by atoms with Crippen molar-refractivity contribution in [3.05, 3.63) is 54.1 Å². The van der Waals surface area contributed by atoms with Crippen molar-refractivity contribution in [3.63, 3.8) is 0 Å². The second-order valence-electron chi connectivity index (χ2n) is 5.42. The zero-order chi connectivity index (χ0) is 16.9. The van der Waals surface area contributed by atoms with Gasteiger partial charge in [0, 0.05) is 12.8 Å². The van der Waals surface area contributed by atoms with E-state index < -0.39 is 0 Å². The molecule has 0 aromatic heterocycles. The van der Waals surface area contributed by atoms with Gasteiger partial charge in [-0.1, -0.05) is 30.3 Å². The standard InChI is InChI=1S/C18H18N2O4/c1-23-11-17(21)19-14-7-8-16-15(9-14)20(18(22)12-24-16)10-13-5-3-2-4-6-13/h2-9H,10-12H2,1H3,(H,19,21). The van der Waals surface area contributed by atoms with E-state index in [-0.39, 0.29) is 25.0 Å². The van der Waals surface area contributed by atoms with Crippen LogP contribution in [0.4, 0.5) is 11.4 Å². The number of nitrogens with one attached hydrogen (secondary N) is 1. The Hall–Kier alpha value is -2.86. The van der Waals surface area contributed by atoms with Crippen LogP contribution in [0.25, 0.3) is 0 Å². The summed E-state index contributed by atoms with van der Waals surface area (Å²) in [6, 6.07) is 15.0. The van der Waals surface area contributed by atoms with Crippen LogP contribution in [-0.4, -0.2) is 32.1 Å². The van der Waals surface area contributed by atoms with Gasteiger partial charge in [-0.05, 0) is 23.8 Å². The molecule has 24 heavy (non-hydrogen) atoms. The molecular formula is C18H18N2O4. The normalized spacial score (nSPS) is 13.2. The molecule has 6 heteroatoms. The topological polar surface area (TPSA) is 67.9 Å². The van der Waals surface area contributed by atoms with Crippen molar-refractivity contribution in [3.8, 4) is 5.75 Å². The number of rotatable bonds is 5. The number of carbonyl (C=O) groups excluding carboxylic acids is 2. The fourth-order valence-electron chi connectivity index (χ4n) is 2.55. The molecule has 2 amide bonds. The fraction of sp³-hybridized carbons (Fsp3) is 0.222. The maximum atomic E-state index is 12.3. The molecule has 0 atom stereocenters. The van der Waals surface area contributed by atoms with E-state index in [0.717, 1.165) is 5.56 Å². The molecule has 0 saturated heterocycles. The number of hydrogen-bond donors (Lipinski definition) is 1. The summed E-state index contributed by atoms with van der Waals surface area (Å²) in [5.74, 6) is 0.247. The maximum Gasteiger partial charge on any atom is 0.265 e. The Morgan fingerprint density at radius 1 is 1.25 bits per heavy atom. The Labute approximate surface area is 140 Å². The van der Waals surface area contributed by atoms with E-state index in [2.05, 4.69) is 5.32 Å². The Morgan fingerprint density at radius 3 is 2.79 bits per heavy atom. The number of carbonyl (C=O) groups is 2. The number of fused-ring (bicyclic) bond motifs is 1. The lowest BCUT2D eigenvalue weighted by molar-refractivity contribution is -0.121. The predicted molar refractivity (Wildman–Crippen MR) is 90.1 cm³/mol. The summed E-state index contributed by atoms with van der Waals surface area (Å²) >= 11 is 0. The Balaban J connectivity index is 1.87. The molecule has 0 unspecified atom stereocenters. The van der Waals surface area contributed by atoms with Crippen molar-refractivity contribution in [2.75, 3.05) is 30.5 Å². The summed E-state index contributed by atoms with van der Waals surface area (Å²) in [5, 5.41) is 2.73. The molecule has 0 radical (unpaired) electrons. The number of amides is 2. The van der Waals surface area contributed by atoms with Gasteiger partial charge in [-0.3, -0.25) is 9.59 Å². The first-order chi connectivity index (χ1) is 11.7. The lowest BCUT2D eigenvalue weighted by atomic mass is 10.1. The molecule has 3 rings (SSSR count). The number of hydrogen-bond acceptors (Lipinski definition) is 4. The minimum atomic E-state index is -0.255. The summed E-state index contributed by atoms with van der Waals surface area (Å²) in [5.41, 5.74) is 2.25. The van der Waals surface area contributed by atoms with E-state index in [4.69, 9.17) is 9.47 Å². The van der Waals surface area contributed by atoms with Crippen LogP contribution in [0, 0.1) is 0 Å². The molecule has 0 aliphatic carbocycles. The highest BCUT2D eigenvalue weighted by Gasteiger charge is 2.26. The highest BCUT2D eigenvalue weighted by molar-refractivity contribution is 5.99. The third kappa shape index (κ3) is 3.55. The molecule has 6 nitrogen and oxygen atoms in total. The Kier molecular flexibility index (Phi) is 4.77. The Morgan fingerprint density at radius 2 is 2.04 bits per heavy atom. The zero-order valence-electron chi connectivity index (χ0n) is 13.3. The van der Waals surface area contributed by atoms with Gasteiger partial charge in [-0.2, -0.15) is 0 Å². The van der Waals surface area contributed by atoms with E-state index in [1.165, 1.54) is 7.11 Å². The molecule has 0 spiro atoms. The molecule has 124 valence electrons. The van der Waals surface area contributed by atoms with E-state index in [1.54, 1.807) is 23.1 Å². The van der Waals surface area contributed by atoms with Gasteiger partial charge < -0.3 is 19.7 Å². The number of benzene rings is 2. The third-order valence-corrected chi connectivity index (χ3v) is 3.64. The minimum absolute atomic E-state index is 0.00914. The first-order valence-corrected chi connectivity index (χ1v) is 7.57. The second-order valence-corrected chi connectivity index (χ2v) is 5.42. The zero-order valence-corrected chi connectivity index (χ0v) is 13.3. The molecule has 0 fully saturated rings. The third-order valence-electron chi connectivity index (χ3n) is 3.64. The van der Waals surface area contributed by atoms with Crippen molar-refractivity contribution in [2.45, 2.75) is 6.54 Å². The van der Waals surface area contributed by atoms with Crippen LogP contribution in [0.15, 0.2) is 48.5 Å². The molecule has 2 aromatic rings. The van der Waals surface area contributed by atoms with Gasteiger partial charge in [0.25, 0.3) is 5.91 Å². The predicted octanol–water partition coefficient (Wildman–Crippen LogP) is 2.20. The van der Waals surface area contributed by atoms with Gasteiger partial charge in [0.2, 0.25) is 5.91 Å². The molecule has 0 saturated carbocycles. The first kappa shape index (κ1) is 16.0. The van der Waals surface area contributed by atoms with Crippen molar-refractivity contribution < 1.29 is 19.1 Å². The lowest BCUT2D eigenvalue weighted by Gasteiger charge is -2.30. The van der Waals surface area contributed by atoms with Crippen LogP contribution in [-0.2, 0) is 20.9 Å². The van der Waals surface area contributed by atoms with Crippen LogP contribution < -0.4 is 15.0 Å². The van der Waals surface area contributed by atoms with Crippen LogP contribution in [0.1, 0.15) is 5.56 Å². The molecule has 2 aromatic carbocycles. The summed E-state index contributed by atoms with van der Waals surface area (Å²) in [6.07, 6.45) is 0. The van der Waals surface area contributed by atoms with Crippen molar-refractivity contribution in [1.29, 1.82) is 0 Å². The van der Waals surface area contributed by atoms with Crippen molar-refractivity contribution in [1.82, 2.24) is 0 Å². The average molecular weight is 326 g/mol. The van der Waals surface area contributed by atoms with Gasteiger partial charge in [-0.25, -0.2) is 0 Å². The van der Waals surface area contributed by atoms with Gasteiger partial charge >= 0.3 is 0 Å². The number of anilines is 2. The fourth-order valence-corrected chi connectivity index (χ4v) is 2.55. The van der Waals surface area contributed by atoms with Crippen molar-refractivity contribution >= 4 is 23.2 Å². The Bertz CT molecular complexity index is 746. The first-order valence-electron chi connectivity index (χ1n) is 7.57. The van der Waals surface area contributed by atoms with Crippen molar-refractivity contribution in [2.24, 2.45) is 0 Å². The number of ether oxygens (including phenoxy) is 2. The van der Waals surface area contributed by atoms with Gasteiger partial charge in [0.05, 0.1) is 12.2 Å². The van der Waals surface area contributed by atoms with Crippen LogP contribution in [0.5, 0.6) is 5.75 Å². The second kappa shape index (κ2) is 7.14. The molecule has 1 heterocycles. The largest absolute Gasteiger partial charge is 0.482 e. The molecule has 1 aliphatic rings. The number of methoxy groups -OCH3 is 1. The van der Waals surface area contributed by atoms with E-state index >= 15 is 0 Å². The minimum Gasteiger partial charge on any atom is -0.482 e. The van der Waals surface area contributed by atoms with Gasteiger partial charge in [0.1, 0.15) is 12.4 Å². The average Bonchev–Trinajstić information content (AvgIpc) is 2.59. The summed E-state index contributed by atoms with van der Waals surface area (Å²) < 4.78 is 10.3. The molecular weight excluding hydrogens is 308 g/mol.